The largest absolute Gasteiger partial charge is 0.494 e. The highest BCUT2D eigenvalue weighted by Gasteiger charge is 2.09. The van der Waals surface area contributed by atoms with Crippen LogP contribution in [0.3, 0.4) is 0 Å². The minimum Gasteiger partial charge on any atom is -0.494 e. The van der Waals surface area contributed by atoms with Crippen LogP contribution in [0.1, 0.15) is 17.4 Å². The van der Waals surface area contributed by atoms with E-state index in [9.17, 15) is 4.79 Å². The number of carbonyl (C=O) groups is 1. The Kier molecular flexibility index (Phi) is 4.49. The fourth-order valence-corrected chi connectivity index (χ4v) is 1.52. The van der Waals surface area contributed by atoms with Crippen molar-refractivity contribution in [3.05, 3.63) is 42.4 Å². The van der Waals surface area contributed by atoms with Crippen LogP contribution in [0.25, 0.3) is 0 Å². The summed E-state index contributed by atoms with van der Waals surface area (Å²) in [6.45, 7) is 2.47. The van der Waals surface area contributed by atoms with Crippen LogP contribution in [-0.2, 0) is 4.74 Å². The van der Waals surface area contributed by atoms with Crippen LogP contribution in [0.4, 0.5) is 0 Å². The Morgan fingerprint density at radius 2 is 2.05 bits per heavy atom. The Balaban J connectivity index is 2.17. The van der Waals surface area contributed by atoms with Crippen LogP contribution in [0, 0.1) is 0 Å². The molecule has 0 aliphatic rings. The van der Waals surface area contributed by atoms with E-state index in [4.69, 9.17) is 9.47 Å². The summed E-state index contributed by atoms with van der Waals surface area (Å²) in [6, 6.07) is 7.12. The Morgan fingerprint density at radius 1 is 1.25 bits per heavy atom. The Morgan fingerprint density at radius 3 is 2.80 bits per heavy atom. The average molecular weight is 274 g/mol. The summed E-state index contributed by atoms with van der Waals surface area (Å²) in [7, 11) is 1.28. The maximum absolute atomic E-state index is 11.4. The highest BCUT2D eigenvalue weighted by atomic mass is 16.5. The molecule has 0 saturated heterocycles. The summed E-state index contributed by atoms with van der Waals surface area (Å²) in [6.07, 6.45) is 2.73. The molecule has 1 heterocycles. The van der Waals surface area contributed by atoms with E-state index in [1.54, 1.807) is 18.2 Å². The molecule has 0 aliphatic carbocycles. The van der Waals surface area contributed by atoms with Crippen LogP contribution >= 0.6 is 0 Å². The first-order chi connectivity index (χ1) is 9.72. The second kappa shape index (κ2) is 6.51. The van der Waals surface area contributed by atoms with Crippen LogP contribution in [0.2, 0.25) is 0 Å². The van der Waals surface area contributed by atoms with Crippen LogP contribution in [0.5, 0.6) is 17.4 Å². The van der Waals surface area contributed by atoms with Gasteiger partial charge in [0.2, 0.25) is 5.88 Å². The smallest absolute Gasteiger partial charge is 0.358 e. The number of hydrogen-bond acceptors (Lipinski definition) is 6. The zero-order valence-corrected chi connectivity index (χ0v) is 11.2. The molecule has 20 heavy (non-hydrogen) atoms. The molecule has 0 amide bonds. The highest BCUT2D eigenvalue weighted by Crippen LogP contribution is 2.23. The molecule has 0 bridgehead atoms. The number of rotatable bonds is 5. The minimum absolute atomic E-state index is 0.0889. The fraction of sp³-hybridized carbons (Fsp3) is 0.214. The van der Waals surface area contributed by atoms with Gasteiger partial charge in [0.05, 0.1) is 26.1 Å². The molecule has 1 aromatic heterocycles. The van der Waals surface area contributed by atoms with Crippen molar-refractivity contribution in [2.75, 3.05) is 13.7 Å². The number of carbonyl (C=O) groups excluding carboxylic acids is 1. The predicted molar refractivity (Wildman–Crippen MR) is 71.1 cm³/mol. The fourth-order valence-electron chi connectivity index (χ4n) is 1.52. The molecule has 2 aromatic rings. The van der Waals surface area contributed by atoms with E-state index in [0.29, 0.717) is 18.1 Å². The number of ether oxygens (including phenoxy) is 3. The first kappa shape index (κ1) is 13.8. The highest BCUT2D eigenvalue weighted by molar-refractivity contribution is 5.86. The molecule has 0 N–H and O–H groups in total. The minimum atomic E-state index is -0.564. The number of nitrogens with zero attached hydrogens (tertiary/aromatic N) is 2. The Bertz CT molecular complexity index is 601. The van der Waals surface area contributed by atoms with Crippen molar-refractivity contribution in [3.8, 4) is 17.4 Å². The van der Waals surface area contributed by atoms with Crippen LogP contribution in [-0.4, -0.2) is 29.7 Å². The van der Waals surface area contributed by atoms with Crippen molar-refractivity contribution in [1.29, 1.82) is 0 Å². The zero-order valence-electron chi connectivity index (χ0n) is 11.2. The molecule has 1 aromatic carbocycles. The van der Waals surface area contributed by atoms with Crippen LogP contribution < -0.4 is 9.47 Å². The van der Waals surface area contributed by atoms with Gasteiger partial charge in [0.25, 0.3) is 0 Å². The van der Waals surface area contributed by atoms with Crippen molar-refractivity contribution in [2.45, 2.75) is 6.92 Å². The SMILES string of the molecule is CCOc1cccc(Oc2cncc(C(=O)OC)n2)c1. The molecule has 104 valence electrons. The van der Waals surface area contributed by atoms with Crippen molar-refractivity contribution >= 4 is 5.97 Å². The molecule has 0 aliphatic heterocycles. The van der Waals surface area contributed by atoms with Gasteiger partial charge in [-0.1, -0.05) is 6.07 Å². The van der Waals surface area contributed by atoms with E-state index in [1.165, 1.54) is 19.5 Å². The van der Waals surface area contributed by atoms with Gasteiger partial charge in [-0.2, -0.15) is 0 Å². The van der Waals surface area contributed by atoms with Gasteiger partial charge in [0, 0.05) is 6.07 Å². The molecular formula is C14H14N2O4. The summed E-state index contributed by atoms with van der Waals surface area (Å²) in [5.41, 5.74) is 0.0889. The lowest BCUT2D eigenvalue weighted by molar-refractivity contribution is 0.0592. The monoisotopic (exact) mass is 274 g/mol. The quantitative estimate of drug-likeness (QED) is 0.780. The average Bonchev–Trinajstić information content (AvgIpc) is 2.47. The van der Waals surface area contributed by atoms with E-state index in [-0.39, 0.29) is 11.6 Å². The van der Waals surface area contributed by atoms with E-state index in [1.807, 2.05) is 13.0 Å². The second-order valence-electron chi connectivity index (χ2n) is 3.74. The van der Waals surface area contributed by atoms with Crippen molar-refractivity contribution in [2.24, 2.45) is 0 Å². The third-order valence-corrected chi connectivity index (χ3v) is 2.35. The number of esters is 1. The number of aromatic nitrogens is 2. The van der Waals surface area contributed by atoms with Gasteiger partial charge in [0.1, 0.15) is 11.5 Å². The summed E-state index contributed by atoms with van der Waals surface area (Å²) in [5.74, 6) is 0.891. The molecule has 0 spiro atoms. The van der Waals surface area contributed by atoms with Gasteiger partial charge in [-0.3, -0.25) is 4.98 Å². The first-order valence-electron chi connectivity index (χ1n) is 6.04. The van der Waals surface area contributed by atoms with E-state index < -0.39 is 5.97 Å². The lowest BCUT2D eigenvalue weighted by Crippen LogP contribution is -2.05. The van der Waals surface area contributed by atoms with E-state index in [2.05, 4.69) is 14.7 Å². The lowest BCUT2D eigenvalue weighted by atomic mass is 10.3. The first-order valence-corrected chi connectivity index (χ1v) is 6.04. The molecule has 0 fully saturated rings. The summed E-state index contributed by atoms with van der Waals surface area (Å²) in [4.78, 5) is 19.3. The van der Waals surface area contributed by atoms with E-state index >= 15 is 0 Å². The van der Waals surface area contributed by atoms with Crippen molar-refractivity contribution in [1.82, 2.24) is 9.97 Å². The molecule has 6 nitrogen and oxygen atoms in total. The Hall–Kier alpha value is -2.63. The standard InChI is InChI=1S/C14H14N2O4/c1-3-19-10-5-4-6-11(7-10)20-13-9-15-8-12(16-13)14(17)18-2/h4-9H,3H2,1-2H3. The molecule has 0 atom stereocenters. The number of benzene rings is 1. The molecule has 2 rings (SSSR count). The van der Waals surface area contributed by atoms with E-state index in [0.717, 1.165) is 0 Å². The predicted octanol–water partition coefficient (Wildman–Crippen LogP) is 2.45. The summed E-state index contributed by atoms with van der Waals surface area (Å²) < 4.78 is 15.5. The van der Waals surface area contributed by atoms with Gasteiger partial charge in [0.15, 0.2) is 5.69 Å². The van der Waals surface area contributed by atoms with Gasteiger partial charge in [-0.25, -0.2) is 9.78 Å². The van der Waals surface area contributed by atoms with Crippen molar-refractivity contribution in [3.63, 3.8) is 0 Å². The third-order valence-electron chi connectivity index (χ3n) is 2.35. The second-order valence-corrected chi connectivity index (χ2v) is 3.74. The maximum atomic E-state index is 11.4. The number of hydrogen-bond donors (Lipinski definition) is 0. The number of methoxy groups -OCH3 is 1. The molecule has 0 radical (unpaired) electrons. The lowest BCUT2D eigenvalue weighted by Gasteiger charge is -2.07. The molecule has 0 unspecified atom stereocenters. The normalized spacial score (nSPS) is 9.90. The topological polar surface area (TPSA) is 70.5 Å². The van der Waals surface area contributed by atoms with Crippen molar-refractivity contribution < 1.29 is 19.0 Å². The molecule has 0 saturated carbocycles. The van der Waals surface area contributed by atoms with Gasteiger partial charge < -0.3 is 14.2 Å². The summed E-state index contributed by atoms with van der Waals surface area (Å²) >= 11 is 0. The van der Waals surface area contributed by atoms with Crippen LogP contribution in [0.15, 0.2) is 36.7 Å². The Labute approximate surface area is 116 Å². The van der Waals surface area contributed by atoms with Gasteiger partial charge in [-0.15, -0.1) is 0 Å². The van der Waals surface area contributed by atoms with Gasteiger partial charge >= 0.3 is 5.97 Å². The summed E-state index contributed by atoms with van der Waals surface area (Å²) in [5, 5.41) is 0. The molecular weight excluding hydrogens is 260 g/mol. The molecule has 6 heteroatoms. The zero-order chi connectivity index (χ0) is 14.4. The third kappa shape index (κ3) is 3.44. The maximum Gasteiger partial charge on any atom is 0.358 e. The van der Waals surface area contributed by atoms with Gasteiger partial charge in [-0.05, 0) is 19.1 Å².